The largest absolute Gasteiger partial charge is 0.507 e. The highest BCUT2D eigenvalue weighted by atomic mass is 35.5. The van der Waals surface area contributed by atoms with Gasteiger partial charge in [-0.15, -0.1) is 0 Å². The lowest BCUT2D eigenvalue weighted by molar-refractivity contribution is -0.140. The van der Waals surface area contributed by atoms with Crippen molar-refractivity contribution in [3.8, 4) is 5.75 Å². The van der Waals surface area contributed by atoms with Gasteiger partial charge in [-0.25, -0.2) is 0 Å². The number of ketones is 1. The first-order chi connectivity index (χ1) is 17.8. The van der Waals surface area contributed by atoms with Crippen LogP contribution in [0.2, 0.25) is 10.0 Å². The van der Waals surface area contributed by atoms with Crippen molar-refractivity contribution >= 4 is 40.7 Å². The Labute approximate surface area is 226 Å². The molecule has 6 nitrogen and oxygen atoms in total. The molecule has 0 spiro atoms. The number of likely N-dealkylation sites (tertiary alicyclic amines) is 1. The summed E-state index contributed by atoms with van der Waals surface area (Å²) >= 11 is 12.3. The number of aryl methyl sites for hydroxylation is 1. The van der Waals surface area contributed by atoms with Crippen LogP contribution in [0.5, 0.6) is 5.75 Å². The number of nitrogens with zero attached hydrogens (tertiary/aromatic N) is 1. The van der Waals surface area contributed by atoms with Crippen LogP contribution < -0.4 is 4.74 Å². The van der Waals surface area contributed by atoms with E-state index in [1.807, 2.05) is 25.1 Å². The number of carbonyl (C=O) groups excluding carboxylic acids is 2. The molecule has 1 amide bonds. The molecule has 0 radical (unpaired) electrons. The second-order valence-corrected chi connectivity index (χ2v) is 9.63. The summed E-state index contributed by atoms with van der Waals surface area (Å²) < 4.78 is 11.0. The van der Waals surface area contributed by atoms with Gasteiger partial charge in [0.05, 0.1) is 21.7 Å². The van der Waals surface area contributed by atoms with Gasteiger partial charge in [0.1, 0.15) is 18.1 Å². The Kier molecular flexibility index (Phi) is 8.54. The summed E-state index contributed by atoms with van der Waals surface area (Å²) in [6.45, 7) is 3.11. The Morgan fingerprint density at radius 2 is 1.76 bits per heavy atom. The Bertz CT molecular complexity index is 1340. The number of methoxy groups -OCH3 is 1. The van der Waals surface area contributed by atoms with Crippen LogP contribution in [0.1, 0.15) is 34.7 Å². The number of aliphatic hydroxyl groups is 1. The molecule has 0 aromatic heterocycles. The summed E-state index contributed by atoms with van der Waals surface area (Å²) in [5.74, 6) is -1.11. The van der Waals surface area contributed by atoms with E-state index in [0.717, 1.165) is 11.1 Å². The van der Waals surface area contributed by atoms with Crippen molar-refractivity contribution in [2.75, 3.05) is 20.3 Å². The molecule has 3 aromatic carbocycles. The topological polar surface area (TPSA) is 76.1 Å². The molecule has 1 N–H and O–H groups in total. The quantitative estimate of drug-likeness (QED) is 0.148. The maximum Gasteiger partial charge on any atom is 0.295 e. The normalized spacial score (nSPS) is 16.9. The number of Topliss-reactive ketones (excluding diaryl/α,β-unsaturated/α-hetero) is 1. The van der Waals surface area contributed by atoms with Crippen molar-refractivity contribution in [1.82, 2.24) is 4.90 Å². The molecule has 1 aliphatic heterocycles. The number of hydrogen-bond donors (Lipinski definition) is 1. The zero-order valence-electron chi connectivity index (χ0n) is 20.5. The monoisotopic (exact) mass is 539 g/mol. The maximum atomic E-state index is 13.1. The molecular formula is C29H27Cl2NO5. The first-order valence-corrected chi connectivity index (χ1v) is 12.6. The molecule has 192 valence electrons. The smallest absolute Gasteiger partial charge is 0.295 e. The molecule has 1 aliphatic rings. The van der Waals surface area contributed by atoms with E-state index >= 15 is 0 Å². The van der Waals surface area contributed by atoms with Gasteiger partial charge in [0.25, 0.3) is 11.7 Å². The summed E-state index contributed by atoms with van der Waals surface area (Å²) in [6.07, 6.45) is 0.522. The highest BCUT2D eigenvalue weighted by molar-refractivity contribution is 6.46. The van der Waals surface area contributed by atoms with Gasteiger partial charge in [-0.05, 0) is 60.9 Å². The van der Waals surface area contributed by atoms with E-state index in [-0.39, 0.29) is 22.9 Å². The van der Waals surface area contributed by atoms with Crippen LogP contribution in [0, 0.1) is 6.92 Å². The third kappa shape index (κ3) is 5.99. The van der Waals surface area contributed by atoms with Crippen molar-refractivity contribution < 1.29 is 24.2 Å². The molecule has 4 rings (SSSR count). The number of halogens is 2. The molecule has 0 saturated carbocycles. The summed E-state index contributed by atoms with van der Waals surface area (Å²) in [4.78, 5) is 27.6. The Hall–Kier alpha value is -3.32. The minimum Gasteiger partial charge on any atom is -0.507 e. The molecule has 3 aromatic rings. The number of benzene rings is 3. The fraction of sp³-hybridized carbons (Fsp3) is 0.241. The van der Waals surface area contributed by atoms with E-state index in [0.29, 0.717) is 41.5 Å². The molecular weight excluding hydrogens is 513 g/mol. The van der Waals surface area contributed by atoms with E-state index in [4.69, 9.17) is 32.7 Å². The van der Waals surface area contributed by atoms with Crippen molar-refractivity contribution in [3.63, 3.8) is 0 Å². The fourth-order valence-electron chi connectivity index (χ4n) is 4.35. The van der Waals surface area contributed by atoms with Crippen LogP contribution in [0.25, 0.3) is 5.76 Å². The predicted octanol–water partition coefficient (Wildman–Crippen LogP) is 6.34. The molecule has 0 unspecified atom stereocenters. The highest BCUT2D eigenvalue weighted by Crippen LogP contribution is 2.41. The first kappa shape index (κ1) is 26.7. The SMILES string of the molecule is COCCCN1C(=O)C(=O)/C(=C(/O)c2ccc(OCc3cccc(C)c3)cc2)[C@H]1c1ccc(Cl)c(Cl)c1. The summed E-state index contributed by atoms with van der Waals surface area (Å²) in [5.41, 5.74) is 3.15. The van der Waals surface area contributed by atoms with Crippen molar-refractivity contribution in [1.29, 1.82) is 0 Å². The average Bonchev–Trinajstić information content (AvgIpc) is 3.14. The molecule has 1 atom stereocenters. The van der Waals surface area contributed by atoms with Gasteiger partial charge in [-0.1, -0.05) is 59.1 Å². The Balaban J connectivity index is 1.65. The minimum absolute atomic E-state index is 0.00534. The molecule has 8 heteroatoms. The Morgan fingerprint density at radius 3 is 2.43 bits per heavy atom. The number of hydrogen-bond acceptors (Lipinski definition) is 5. The van der Waals surface area contributed by atoms with Crippen LogP contribution in [0.4, 0.5) is 0 Å². The molecule has 37 heavy (non-hydrogen) atoms. The van der Waals surface area contributed by atoms with Gasteiger partial charge in [-0.3, -0.25) is 9.59 Å². The van der Waals surface area contributed by atoms with E-state index in [1.165, 1.54) is 4.90 Å². The minimum atomic E-state index is -0.816. The molecule has 0 bridgehead atoms. The Morgan fingerprint density at radius 1 is 1.00 bits per heavy atom. The van der Waals surface area contributed by atoms with Gasteiger partial charge in [-0.2, -0.15) is 0 Å². The highest BCUT2D eigenvalue weighted by Gasteiger charge is 2.45. The zero-order valence-corrected chi connectivity index (χ0v) is 22.1. The number of ether oxygens (including phenoxy) is 2. The van der Waals surface area contributed by atoms with E-state index in [2.05, 4.69) is 6.07 Å². The molecule has 1 heterocycles. The zero-order chi connectivity index (χ0) is 26.5. The number of rotatable bonds is 9. The number of amides is 1. The molecule has 0 aliphatic carbocycles. The van der Waals surface area contributed by atoms with E-state index < -0.39 is 17.7 Å². The summed E-state index contributed by atoms with van der Waals surface area (Å²) in [7, 11) is 1.57. The van der Waals surface area contributed by atoms with Crippen LogP contribution >= 0.6 is 23.2 Å². The van der Waals surface area contributed by atoms with Crippen molar-refractivity contribution in [3.05, 3.63) is 105 Å². The van der Waals surface area contributed by atoms with E-state index in [1.54, 1.807) is 49.6 Å². The fourth-order valence-corrected chi connectivity index (χ4v) is 4.66. The number of aliphatic hydroxyl groups excluding tert-OH is 1. The first-order valence-electron chi connectivity index (χ1n) is 11.8. The maximum absolute atomic E-state index is 13.1. The van der Waals surface area contributed by atoms with Gasteiger partial charge in [0.2, 0.25) is 0 Å². The second kappa shape index (κ2) is 11.8. The molecule has 1 saturated heterocycles. The van der Waals surface area contributed by atoms with Gasteiger partial charge in [0.15, 0.2) is 0 Å². The summed E-state index contributed by atoms with van der Waals surface area (Å²) in [5, 5.41) is 11.9. The second-order valence-electron chi connectivity index (χ2n) is 8.81. The lowest BCUT2D eigenvalue weighted by Crippen LogP contribution is -2.31. The molecule has 1 fully saturated rings. The summed E-state index contributed by atoms with van der Waals surface area (Å²) in [6, 6.07) is 18.9. The van der Waals surface area contributed by atoms with Crippen LogP contribution in [0.3, 0.4) is 0 Å². The van der Waals surface area contributed by atoms with E-state index in [9.17, 15) is 14.7 Å². The number of carbonyl (C=O) groups is 2. The van der Waals surface area contributed by atoms with Crippen molar-refractivity contribution in [2.45, 2.75) is 26.0 Å². The lowest BCUT2D eigenvalue weighted by atomic mass is 9.95. The third-order valence-corrected chi connectivity index (χ3v) is 6.90. The predicted molar refractivity (Wildman–Crippen MR) is 144 cm³/mol. The third-order valence-electron chi connectivity index (χ3n) is 6.16. The van der Waals surface area contributed by atoms with Crippen molar-refractivity contribution in [2.24, 2.45) is 0 Å². The average molecular weight is 540 g/mol. The lowest BCUT2D eigenvalue weighted by Gasteiger charge is -2.25. The van der Waals surface area contributed by atoms with Gasteiger partial charge < -0.3 is 19.5 Å². The van der Waals surface area contributed by atoms with Gasteiger partial charge in [0, 0.05) is 25.8 Å². The van der Waals surface area contributed by atoms with Crippen LogP contribution in [0.15, 0.2) is 72.3 Å². The van der Waals surface area contributed by atoms with Crippen LogP contribution in [-0.4, -0.2) is 42.0 Å². The van der Waals surface area contributed by atoms with Crippen LogP contribution in [-0.2, 0) is 20.9 Å². The standard InChI is InChI=1S/C29H27Cl2NO5/c1-18-5-3-6-19(15-18)17-37-22-10-7-20(8-11-22)27(33)25-26(21-9-12-23(30)24(31)16-21)32(13-4-14-36-2)29(35)28(25)34/h3,5-12,15-16,26,33H,4,13-14,17H2,1-2H3/b27-25+/t26-/m1/s1. The van der Waals surface area contributed by atoms with Gasteiger partial charge >= 0.3 is 0 Å².